The highest BCUT2D eigenvalue weighted by atomic mass is 32.1. The number of aromatic amines is 2. The fraction of sp³-hybridized carbons (Fsp3) is 0.595. The van der Waals surface area contributed by atoms with Crippen LogP contribution in [0.4, 0.5) is 0 Å². The summed E-state index contributed by atoms with van der Waals surface area (Å²) >= 11 is 3.44. The molecule has 10 aromatic rings. The fourth-order valence-corrected chi connectivity index (χ4v) is 12.6. The Hall–Kier alpha value is -8.41. The Labute approximate surface area is 791 Å². The molecule has 1 aliphatic rings. The summed E-state index contributed by atoms with van der Waals surface area (Å²) < 4.78 is 7.84. The van der Waals surface area contributed by atoms with Gasteiger partial charge in [-0.15, -0.1) is 29.3 Å². The highest BCUT2D eigenvalue weighted by molar-refractivity contribution is 7.10. The van der Waals surface area contributed by atoms with Crippen molar-refractivity contribution in [2.45, 2.75) is 386 Å². The first kappa shape index (κ1) is 122. The molecule has 0 amide bonds. The number of aromatic nitrogens is 14. The zero-order valence-electron chi connectivity index (χ0n) is 91.1. The highest BCUT2D eigenvalue weighted by Crippen LogP contribution is 2.33. The minimum absolute atomic E-state index is 0.0435. The predicted octanol–water partition coefficient (Wildman–Crippen LogP) is 30.7. The summed E-state index contributed by atoms with van der Waals surface area (Å²) in [6, 6.07) is 22.2. The Bertz CT molecular complexity index is 4710. The van der Waals surface area contributed by atoms with E-state index in [4.69, 9.17) is 0 Å². The first-order valence-corrected chi connectivity index (χ1v) is 47.5. The molecule has 9 heterocycles. The normalized spacial score (nSPS) is 12.5. The van der Waals surface area contributed by atoms with E-state index >= 15 is 0 Å². The van der Waals surface area contributed by atoms with Gasteiger partial charge >= 0.3 is 0 Å². The quantitative estimate of drug-likeness (QED) is 0.140. The molecule has 17 heteroatoms. The van der Waals surface area contributed by atoms with Crippen LogP contribution in [0.25, 0.3) is 0 Å². The van der Waals surface area contributed by atoms with Crippen LogP contribution in [0.3, 0.4) is 0 Å². The molecule has 1 aromatic carbocycles. The van der Waals surface area contributed by atoms with Gasteiger partial charge in [-0.1, -0.05) is 357 Å². The maximum Gasteiger partial charge on any atom is 0.247 e. The zero-order valence-corrected chi connectivity index (χ0v) is 92.8. The summed E-state index contributed by atoms with van der Waals surface area (Å²) in [5.74, 6) is 1.88. The van der Waals surface area contributed by atoms with Crippen LogP contribution in [-0.4, -0.2) is 69.0 Å². The van der Waals surface area contributed by atoms with Gasteiger partial charge in [0.2, 0.25) is 5.56 Å². The van der Waals surface area contributed by atoms with Crippen molar-refractivity contribution in [3.8, 4) is 0 Å². The molecule has 128 heavy (non-hydrogen) atoms. The molecule has 0 atom stereocenters. The summed E-state index contributed by atoms with van der Waals surface area (Å²) in [5.41, 5.74) is 23.9. The number of hydrogen-bond donors (Lipinski definition) is 2. The maximum absolute atomic E-state index is 10.7. The van der Waals surface area contributed by atoms with Crippen LogP contribution in [0, 0.1) is 63.7 Å². The van der Waals surface area contributed by atoms with Crippen molar-refractivity contribution in [2.24, 2.45) is 50.4 Å². The van der Waals surface area contributed by atoms with Gasteiger partial charge in [0.05, 0.1) is 33.8 Å². The molecule has 0 saturated heterocycles. The number of pyridine rings is 2. The van der Waals surface area contributed by atoms with E-state index in [1.807, 2.05) is 111 Å². The lowest BCUT2D eigenvalue weighted by Crippen LogP contribution is -2.16. The van der Waals surface area contributed by atoms with E-state index in [1.54, 1.807) is 41.1 Å². The average molecular weight is 1800 g/mol. The molecule has 0 aliphatic heterocycles. The second-order valence-electron chi connectivity index (χ2n) is 47.3. The predicted molar refractivity (Wildman–Crippen MR) is 563 cm³/mol. The van der Waals surface area contributed by atoms with Crippen molar-refractivity contribution < 1.29 is 0 Å². The first-order valence-electron chi connectivity index (χ1n) is 45.7. The molecule has 0 saturated carbocycles. The largest absolute Gasteiger partial charge is 0.335 e. The lowest BCUT2D eigenvalue weighted by atomic mass is 9.83. The number of rotatable bonds is 0. The zero-order chi connectivity index (χ0) is 101. The molecule has 0 unspecified atom stereocenters. The van der Waals surface area contributed by atoms with Crippen molar-refractivity contribution in [3.63, 3.8) is 0 Å². The maximum atomic E-state index is 10.7. The standard InChI is InChI=1S/C11H16.C10H18N2.C10H15N.C10H14.2C9H16N2.C9H13NO.C8H14N2.C8H13NS.C7H12N2.C7H11NS.C7H16.C6H12/c1-9-6-5-7-10(8-9)11(2,3)4;1-7-9(10(3,4)5)8(2)12(6)11-7;1-8-7-9(5-6-11-8)10(2,3)4;1-10(2,3)9-7-5-4-6-8-9;1-7-10-6-8(11(7)5)9(2,3)4;1-7-8(9(2,3)4)6-10-11(7)5;1-9(2,3)7-4-5-8(11)10-6-7;1-8(2,3)7-5-6-10(4)9-7;1-6-9-7(5-10-6)8(2,3)4;1-7(2,3)6-4-5-8-9-6;1-7(2,3)6-4-8-5-9-6;1-6(2)7(3,4)5;1-5-6(2,3)4/h5,7-8H,1,6H2,2-4H3;1-6H3;5-7H,1-4H3;4-8H,1-3H3;2*6H,1-5H3;4-6H,1-3H3,(H,10,11);5-6H,1-4H3;5H,1-4H3;4-5H,1-3H3,(H,8,9);4-5H,1-3H3;6H,1-5H3;5H,1H2,2-4H3. The fourth-order valence-electron chi connectivity index (χ4n) is 11.0. The molecular formula is C111H186N14OS2. The third kappa shape index (κ3) is 50.1. The van der Waals surface area contributed by atoms with Crippen LogP contribution in [0.1, 0.15) is 379 Å². The van der Waals surface area contributed by atoms with Gasteiger partial charge < -0.3 is 9.55 Å². The van der Waals surface area contributed by atoms with Crippen LogP contribution < -0.4 is 5.56 Å². The first-order chi connectivity index (χ1) is 57.5. The number of allylic oxidation sites excluding steroid dienone is 6. The monoisotopic (exact) mass is 1800 g/mol. The second kappa shape index (κ2) is 51.4. The summed E-state index contributed by atoms with van der Waals surface area (Å²) in [7, 11) is 7.97. The Morgan fingerprint density at radius 1 is 0.508 bits per heavy atom. The van der Waals surface area contributed by atoms with E-state index in [0.717, 1.165) is 45.8 Å². The third-order valence-electron chi connectivity index (χ3n) is 20.9. The molecule has 2 N–H and O–H groups in total. The molecule has 1 aliphatic carbocycles. The second-order valence-corrected chi connectivity index (χ2v) is 49.3. The van der Waals surface area contributed by atoms with Crippen LogP contribution in [0.15, 0.2) is 174 Å². The summed E-state index contributed by atoms with van der Waals surface area (Å²) in [6.45, 7) is 110. The molecular weight excluding hydrogens is 1610 g/mol. The van der Waals surface area contributed by atoms with Crippen LogP contribution in [-0.2, 0) is 82.3 Å². The van der Waals surface area contributed by atoms with Gasteiger partial charge in [-0.25, -0.2) is 9.97 Å². The van der Waals surface area contributed by atoms with Gasteiger partial charge in [0, 0.05) is 137 Å². The van der Waals surface area contributed by atoms with Gasteiger partial charge in [0.1, 0.15) is 5.82 Å². The number of H-pyrrole nitrogens is 2. The number of nitrogens with zero attached hydrogens (tertiary/aromatic N) is 12. The molecule has 0 radical (unpaired) electrons. The van der Waals surface area contributed by atoms with Gasteiger partial charge in [-0.2, -0.15) is 20.4 Å². The Morgan fingerprint density at radius 3 is 1.26 bits per heavy atom. The van der Waals surface area contributed by atoms with E-state index in [1.165, 1.54) is 66.7 Å². The van der Waals surface area contributed by atoms with E-state index in [2.05, 4.69) is 452 Å². The molecule has 0 fully saturated rings. The molecule has 0 spiro atoms. The molecule has 11 rings (SSSR count). The van der Waals surface area contributed by atoms with Crippen LogP contribution in [0.5, 0.6) is 0 Å². The van der Waals surface area contributed by atoms with Crippen molar-refractivity contribution in [1.82, 2.24) is 69.0 Å². The van der Waals surface area contributed by atoms with Crippen molar-refractivity contribution in [3.05, 3.63) is 269 Å². The highest BCUT2D eigenvalue weighted by Gasteiger charge is 2.25. The molecule has 718 valence electrons. The van der Waals surface area contributed by atoms with Crippen LogP contribution >= 0.6 is 22.7 Å². The minimum atomic E-state index is -0.0435. The smallest absolute Gasteiger partial charge is 0.247 e. The van der Waals surface area contributed by atoms with Gasteiger partial charge in [-0.05, 0) is 155 Å². The number of imidazole rings is 1. The number of aryl methyl sites for hydroxylation is 7. The van der Waals surface area contributed by atoms with E-state index < -0.39 is 0 Å². The van der Waals surface area contributed by atoms with Crippen LogP contribution in [0.2, 0.25) is 0 Å². The lowest BCUT2D eigenvalue weighted by molar-refractivity contribution is 0.283. The molecule has 0 bridgehead atoms. The lowest BCUT2D eigenvalue weighted by Gasteiger charge is -2.22. The summed E-state index contributed by atoms with van der Waals surface area (Å²) in [5, 5.41) is 23.0. The van der Waals surface area contributed by atoms with Crippen molar-refractivity contribution in [1.29, 1.82) is 0 Å². The van der Waals surface area contributed by atoms with Gasteiger partial charge in [0.25, 0.3) is 0 Å². The Morgan fingerprint density at radius 2 is 1.03 bits per heavy atom. The van der Waals surface area contributed by atoms with Crippen molar-refractivity contribution in [2.75, 3.05) is 0 Å². The molecule has 9 aromatic heterocycles. The minimum Gasteiger partial charge on any atom is -0.335 e. The molecule has 15 nitrogen and oxygen atoms in total. The SMILES string of the molecule is C=C1C=C(C(C)(C)C)C=CC1.C=CC(C)(C)C.CC(C)(C)c1ccc(=O)[nH]c1.CC(C)(C)c1ccccc1.CC(C)(C)c1ccn[nH]1.CC(C)(C)c1cncs1.CC(C)C(C)(C)C.Cc1c(C(C)(C)C)cnn1C.Cc1cc(C(C)(C)C)ccn1.Cc1nc(C(C)(C)C)cs1.Cc1ncc(C(C)(C)C)n1C.Cc1nn(C)c(C)c1C(C)(C)C.Cn1ccc(C(C)(C)C)n1. The number of nitrogens with one attached hydrogen (secondary N) is 2. The number of thiazole rings is 2. The Kier molecular flexibility index (Phi) is 48.9. The van der Waals surface area contributed by atoms with Gasteiger partial charge in [-0.3, -0.25) is 33.9 Å². The van der Waals surface area contributed by atoms with E-state index in [9.17, 15) is 4.79 Å². The average Bonchev–Trinajstić information content (AvgIpc) is 1.66. The van der Waals surface area contributed by atoms with Crippen molar-refractivity contribution >= 4 is 22.7 Å². The van der Waals surface area contributed by atoms with Gasteiger partial charge in [0.15, 0.2) is 0 Å². The number of benzene rings is 1. The topological polar surface area (TPSA) is 171 Å². The van der Waals surface area contributed by atoms with E-state index in [0.29, 0.717) is 16.2 Å². The summed E-state index contributed by atoms with van der Waals surface area (Å²) in [6.07, 6.45) is 22.8. The Balaban J connectivity index is 0. The summed E-state index contributed by atoms with van der Waals surface area (Å²) in [4.78, 5) is 31.5. The third-order valence-corrected chi connectivity index (χ3v) is 22.9. The number of hydrogen-bond acceptors (Lipinski definition) is 11. The van der Waals surface area contributed by atoms with E-state index in [-0.39, 0.29) is 59.7 Å².